The van der Waals surface area contributed by atoms with Gasteiger partial charge in [-0.25, -0.2) is 15.0 Å². The zero-order chi connectivity index (χ0) is 21.9. The molecule has 0 radical (unpaired) electrons. The topological polar surface area (TPSA) is 111 Å². The molecule has 1 aromatic carbocycles. The highest BCUT2D eigenvalue weighted by Crippen LogP contribution is 2.36. The van der Waals surface area contributed by atoms with Crippen molar-refractivity contribution in [2.75, 3.05) is 29.9 Å². The summed E-state index contributed by atoms with van der Waals surface area (Å²) in [5.74, 6) is 2.54. The average molecular weight is 470 g/mol. The zero-order valence-electron chi connectivity index (χ0n) is 17.1. The van der Waals surface area contributed by atoms with Gasteiger partial charge in [-0.3, -0.25) is 0 Å². The molecule has 4 aromatic rings. The number of benzene rings is 1. The highest BCUT2D eigenvalue weighted by Gasteiger charge is 2.27. The third-order valence-corrected chi connectivity index (χ3v) is 6.14. The Balaban J connectivity index is 1.26. The summed E-state index contributed by atoms with van der Waals surface area (Å²) in [6.45, 7) is 2.44. The van der Waals surface area contributed by atoms with Crippen molar-refractivity contribution >= 4 is 35.0 Å². The van der Waals surface area contributed by atoms with E-state index in [1.54, 1.807) is 24.7 Å². The van der Waals surface area contributed by atoms with Crippen LogP contribution in [0.5, 0.6) is 0 Å². The smallest absolute Gasteiger partial charge is 0.222 e. The van der Waals surface area contributed by atoms with Crippen LogP contribution < -0.4 is 10.2 Å². The first-order chi connectivity index (χ1) is 15.7. The third-order valence-electron chi connectivity index (χ3n) is 5.54. The molecule has 9 nitrogen and oxygen atoms in total. The van der Waals surface area contributed by atoms with Crippen molar-refractivity contribution in [1.82, 2.24) is 35.3 Å². The van der Waals surface area contributed by atoms with Gasteiger partial charge in [0.1, 0.15) is 11.6 Å². The molecule has 0 saturated carbocycles. The van der Waals surface area contributed by atoms with Gasteiger partial charge in [-0.2, -0.15) is 15.4 Å². The van der Waals surface area contributed by atoms with Crippen LogP contribution in [-0.2, 0) is 6.42 Å². The van der Waals surface area contributed by atoms with Crippen molar-refractivity contribution in [3.63, 3.8) is 0 Å². The van der Waals surface area contributed by atoms with Crippen LogP contribution in [0, 0.1) is 0 Å². The number of aromatic nitrogens is 7. The second-order valence-electron chi connectivity index (χ2n) is 7.63. The van der Waals surface area contributed by atoms with Crippen LogP contribution in [0.25, 0.3) is 11.4 Å². The fourth-order valence-corrected chi connectivity index (χ4v) is 4.64. The molecule has 0 aliphatic carbocycles. The first-order valence-electron chi connectivity index (χ1n) is 10.3. The number of hydrogen-bond acceptors (Lipinski definition) is 7. The van der Waals surface area contributed by atoms with Crippen LogP contribution in [0.15, 0.2) is 43.0 Å². The standard InChI is InChI=1S/C21H21Cl2N9/c22-15-8-13(2-6-26-21-24-4-1-5-25-21)9-16(23)19(15)20-27-11-18(29-20)32-7-3-14(12-32)17-10-28-31-30-17/h1,4-5,8-11,14H,2-3,6-7,12H2,(H,27,29)(H,24,25,26)(H,28,30,31). The number of imidazole rings is 1. The van der Waals surface area contributed by atoms with Crippen LogP contribution >= 0.6 is 23.2 Å². The second-order valence-corrected chi connectivity index (χ2v) is 8.44. The average Bonchev–Trinajstić information content (AvgIpc) is 3.55. The molecule has 0 bridgehead atoms. The van der Waals surface area contributed by atoms with Crippen LogP contribution in [-0.4, -0.2) is 55.0 Å². The Morgan fingerprint density at radius 2 is 1.91 bits per heavy atom. The molecule has 1 saturated heterocycles. The fourth-order valence-electron chi connectivity index (χ4n) is 3.93. The molecule has 3 N–H and O–H groups in total. The van der Waals surface area contributed by atoms with Gasteiger partial charge in [0.25, 0.3) is 0 Å². The zero-order valence-corrected chi connectivity index (χ0v) is 18.6. The van der Waals surface area contributed by atoms with Gasteiger partial charge in [-0.05, 0) is 36.6 Å². The molecule has 1 aliphatic heterocycles. The van der Waals surface area contributed by atoms with Gasteiger partial charge >= 0.3 is 0 Å². The van der Waals surface area contributed by atoms with Gasteiger partial charge in [0.05, 0.1) is 33.7 Å². The summed E-state index contributed by atoms with van der Waals surface area (Å²) < 4.78 is 0. The molecule has 1 unspecified atom stereocenters. The molecule has 32 heavy (non-hydrogen) atoms. The second kappa shape index (κ2) is 9.13. The number of nitrogens with one attached hydrogen (secondary N) is 3. The summed E-state index contributed by atoms with van der Waals surface area (Å²) in [5.41, 5.74) is 2.71. The predicted octanol–water partition coefficient (Wildman–Crippen LogP) is 3.94. The van der Waals surface area contributed by atoms with Gasteiger partial charge in [0, 0.05) is 37.9 Å². The highest BCUT2D eigenvalue weighted by molar-refractivity contribution is 6.39. The molecule has 5 rings (SSSR count). The maximum absolute atomic E-state index is 6.60. The fraction of sp³-hybridized carbons (Fsp3) is 0.286. The van der Waals surface area contributed by atoms with E-state index in [1.165, 1.54) is 0 Å². The van der Waals surface area contributed by atoms with E-state index in [4.69, 9.17) is 23.2 Å². The minimum atomic E-state index is 0.349. The third kappa shape index (κ3) is 4.39. The number of aromatic amines is 2. The lowest BCUT2D eigenvalue weighted by molar-refractivity contribution is 0.736. The number of halogens is 2. The number of H-pyrrole nitrogens is 2. The maximum atomic E-state index is 6.60. The van der Waals surface area contributed by atoms with Gasteiger partial charge in [-0.1, -0.05) is 23.2 Å². The molecule has 0 amide bonds. The van der Waals surface area contributed by atoms with Crippen LogP contribution in [0.1, 0.15) is 23.6 Å². The lowest BCUT2D eigenvalue weighted by Gasteiger charge is -2.15. The van der Waals surface area contributed by atoms with Crippen molar-refractivity contribution in [1.29, 1.82) is 0 Å². The highest BCUT2D eigenvalue weighted by atomic mass is 35.5. The van der Waals surface area contributed by atoms with Crippen LogP contribution in [0.3, 0.4) is 0 Å². The first kappa shape index (κ1) is 20.7. The summed E-state index contributed by atoms with van der Waals surface area (Å²) in [5, 5.41) is 15.1. The van der Waals surface area contributed by atoms with Gasteiger partial charge in [0.15, 0.2) is 0 Å². The van der Waals surface area contributed by atoms with E-state index < -0.39 is 0 Å². The summed E-state index contributed by atoms with van der Waals surface area (Å²) >= 11 is 13.2. The molecule has 4 heterocycles. The minimum Gasteiger partial charge on any atom is -0.356 e. The molecule has 3 aromatic heterocycles. The summed E-state index contributed by atoms with van der Waals surface area (Å²) in [6.07, 6.45) is 8.76. The molecule has 0 spiro atoms. The van der Waals surface area contributed by atoms with E-state index in [0.717, 1.165) is 43.0 Å². The first-order valence-corrected chi connectivity index (χ1v) is 11.1. The summed E-state index contributed by atoms with van der Waals surface area (Å²) in [4.78, 5) is 18.5. The van der Waals surface area contributed by atoms with E-state index >= 15 is 0 Å². The number of anilines is 2. The van der Waals surface area contributed by atoms with Crippen molar-refractivity contribution in [2.24, 2.45) is 0 Å². The van der Waals surface area contributed by atoms with Crippen molar-refractivity contribution in [3.8, 4) is 11.4 Å². The van der Waals surface area contributed by atoms with Gasteiger partial charge < -0.3 is 15.2 Å². The quantitative estimate of drug-likeness (QED) is 0.375. The molecular weight excluding hydrogens is 449 g/mol. The van der Waals surface area contributed by atoms with Crippen molar-refractivity contribution in [3.05, 3.63) is 64.3 Å². The van der Waals surface area contributed by atoms with Gasteiger partial charge in [-0.15, -0.1) is 0 Å². The summed E-state index contributed by atoms with van der Waals surface area (Å²) in [6, 6.07) is 5.63. The predicted molar refractivity (Wildman–Crippen MR) is 124 cm³/mol. The molecule has 1 aliphatic rings. The Kier molecular flexibility index (Phi) is 5.91. The van der Waals surface area contributed by atoms with E-state index in [-0.39, 0.29) is 0 Å². The Morgan fingerprint density at radius 1 is 1.09 bits per heavy atom. The molecule has 1 fully saturated rings. The molecular formula is C21H21Cl2N9. The van der Waals surface area contributed by atoms with E-state index in [1.807, 2.05) is 18.3 Å². The Morgan fingerprint density at radius 3 is 2.66 bits per heavy atom. The Labute approximate surface area is 194 Å². The lowest BCUT2D eigenvalue weighted by Crippen LogP contribution is -2.19. The largest absolute Gasteiger partial charge is 0.356 e. The van der Waals surface area contributed by atoms with Gasteiger partial charge in [0.2, 0.25) is 5.95 Å². The van der Waals surface area contributed by atoms with E-state index in [0.29, 0.717) is 39.8 Å². The SMILES string of the molecule is Clc1cc(CCNc2ncccn2)cc(Cl)c1-c1ncc(N2CCC(c3cn[nH]n3)C2)[nH]1. The van der Waals surface area contributed by atoms with E-state index in [9.17, 15) is 0 Å². The number of nitrogens with zero attached hydrogens (tertiary/aromatic N) is 6. The maximum Gasteiger partial charge on any atom is 0.222 e. The minimum absolute atomic E-state index is 0.349. The Bertz CT molecular complexity index is 1150. The molecule has 11 heteroatoms. The van der Waals surface area contributed by atoms with Crippen molar-refractivity contribution in [2.45, 2.75) is 18.8 Å². The molecule has 1 atom stereocenters. The number of rotatable bonds is 7. The summed E-state index contributed by atoms with van der Waals surface area (Å²) in [7, 11) is 0. The Hall–Kier alpha value is -3.17. The van der Waals surface area contributed by atoms with Crippen molar-refractivity contribution < 1.29 is 0 Å². The number of hydrogen-bond donors (Lipinski definition) is 3. The van der Waals surface area contributed by atoms with E-state index in [2.05, 4.69) is 45.6 Å². The monoisotopic (exact) mass is 469 g/mol. The molecule has 164 valence electrons. The lowest BCUT2D eigenvalue weighted by atomic mass is 10.1. The van der Waals surface area contributed by atoms with Crippen LogP contribution in [0.4, 0.5) is 11.8 Å². The normalized spacial score (nSPS) is 15.9. The van der Waals surface area contributed by atoms with Crippen LogP contribution in [0.2, 0.25) is 10.0 Å².